The van der Waals surface area contributed by atoms with Crippen molar-refractivity contribution in [3.8, 4) is 11.5 Å². The molecule has 3 fully saturated rings. The molecule has 1 aromatic carbocycles. The van der Waals surface area contributed by atoms with Gasteiger partial charge in [0.25, 0.3) is 0 Å². The van der Waals surface area contributed by atoms with Gasteiger partial charge in [0.1, 0.15) is 5.78 Å². The Morgan fingerprint density at radius 3 is 2.82 bits per heavy atom. The lowest BCUT2D eigenvalue weighted by atomic mass is 9.54. The number of ether oxygens (including phenoxy) is 2. The van der Waals surface area contributed by atoms with Crippen LogP contribution in [0.2, 0.25) is 0 Å². The molecule has 1 N–H and O–H groups in total. The molecular weight excluding hydrogens is 418 g/mol. The smallest absolute Gasteiger partial charge is 0.222 e. The molecular formula is C27H37NO5. The summed E-state index contributed by atoms with van der Waals surface area (Å²) in [5.74, 6) is 3.08. The van der Waals surface area contributed by atoms with Gasteiger partial charge in [0, 0.05) is 31.3 Å². The molecule has 5 rings (SSSR count). The van der Waals surface area contributed by atoms with Crippen LogP contribution in [0.15, 0.2) is 12.1 Å². The second kappa shape index (κ2) is 8.94. The molecule has 1 aliphatic heterocycles. The fraction of sp³-hybridized carbons (Fsp3) is 0.704. The first-order chi connectivity index (χ1) is 15.9. The lowest BCUT2D eigenvalue weighted by molar-refractivity contribution is -0.135. The summed E-state index contributed by atoms with van der Waals surface area (Å²) < 4.78 is 10.8. The van der Waals surface area contributed by atoms with Crippen molar-refractivity contribution >= 4 is 11.7 Å². The number of fused-ring (bicyclic) bond motifs is 5. The molecule has 33 heavy (non-hydrogen) atoms. The first-order valence-corrected chi connectivity index (χ1v) is 12.7. The first kappa shape index (κ1) is 22.7. The Bertz CT molecular complexity index is 923. The molecule has 6 nitrogen and oxygen atoms in total. The molecule has 0 unspecified atom stereocenters. The highest BCUT2D eigenvalue weighted by Crippen LogP contribution is 2.62. The Morgan fingerprint density at radius 1 is 1.27 bits per heavy atom. The molecule has 180 valence electrons. The van der Waals surface area contributed by atoms with E-state index in [9.17, 15) is 14.7 Å². The lowest BCUT2D eigenvalue weighted by Crippen LogP contribution is -2.44. The Kier molecular flexibility index (Phi) is 6.15. The Labute approximate surface area is 196 Å². The van der Waals surface area contributed by atoms with Gasteiger partial charge in [0.2, 0.25) is 5.91 Å². The average molecular weight is 456 g/mol. The third-order valence-corrected chi connectivity index (χ3v) is 9.20. The molecule has 3 aliphatic carbocycles. The van der Waals surface area contributed by atoms with Crippen LogP contribution in [0.1, 0.15) is 68.9 Å². The number of ketones is 1. The summed E-state index contributed by atoms with van der Waals surface area (Å²) in [7, 11) is 1.60. The average Bonchev–Trinajstić information content (AvgIpc) is 3.08. The standard InChI is InChI=1S/C27H37NO5/c1-27-9-8-19-20(7-6-17-14-22(29)23(32-2)16-21(17)19)26(27)18(15-24(27)30)4-3-5-25(31)28-10-12-33-13-11-28/h14,16,18-20,26,29H,3-13,15H2,1-2H3/t18-,19+,20-,26+,27-/m1/s1. The summed E-state index contributed by atoms with van der Waals surface area (Å²) in [5.41, 5.74) is 2.32. The lowest BCUT2D eigenvalue weighted by Gasteiger charge is -2.50. The maximum Gasteiger partial charge on any atom is 0.222 e. The van der Waals surface area contributed by atoms with Crippen molar-refractivity contribution in [3.63, 3.8) is 0 Å². The molecule has 1 aromatic rings. The molecule has 0 bridgehead atoms. The van der Waals surface area contributed by atoms with Crippen molar-refractivity contribution in [1.82, 2.24) is 4.90 Å². The summed E-state index contributed by atoms with van der Waals surface area (Å²) in [6.07, 6.45) is 7.02. The zero-order valence-electron chi connectivity index (χ0n) is 20.0. The zero-order valence-corrected chi connectivity index (χ0v) is 20.0. The van der Waals surface area contributed by atoms with Crippen molar-refractivity contribution in [2.24, 2.45) is 23.2 Å². The number of aryl methyl sites for hydroxylation is 1. The third-order valence-electron chi connectivity index (χ3n) is 9.20. The van der Waals surface area contributed by atoms with E-state index in [1.165, 1.54) is 11.1 Å². The minimum Gasteiger partial charge on any atom is -0.504 e. The normalized spacial score (nSPS) is 33.3. The summed E-state index contributed by atoms with van der Waals surface area (Å²) in [6.45, 7) is 4.88. The van der Waals surface area contributed by atoms with E-state index in [1.54, 1.807) is 7.11 Å². The second-order valence-corrected chi connectivity index (χ2v) is 10.8. The number of methoxy groups -OCH3 is 1. The van der Waals surface area contributed by atoms with Gasteiger partial charge in [-0.3, -0.25) is 9.59 Å². The van der Waals surface area contributed by atoms with Gasteiger partial charge in [-0.25, -0.2) is 0 Å². The molecule has 6 heteroatoms. The van der Waals surface area contributed by atoms with Crippen LogP contribution in [0.4, 0.5) is 0 Å². The molecule has 0 spiro atoms. The van der Waals surface area contributed by atoms with Crippen molar-refractivity contribution < 1.29 is 24.2 Å². The van der Waals surface area contributed by atoms with Gasteiger partial charge in [-0.15, -0.1) is 0 Å². The van der Waals surface area contributed by atoms with Gasteiger partial charge in [-0.2, -0.15) is 0 Å². The van der Waals surface area contributed by atoms with Gasteiger partial charge in [-0.1, -0.05) is 6.92 Å². The molecule has 2 saturated carbocycles. The van der Waals surface area contributed by atoms with Crippen molar-refractivity contribution in [2.45, 2.75) is 64.2 Å². The molecule has 0 radical (unpaired) electrons. The number of rotatable bonds is 5. The number of nitrogens with zero attached hydrogens (tertiary/aromatic N) is 1. The number of phenolic OH excluding ortho intramolecular Hbond substituents is 1. The van der Waals surface area contributed by atoms with Crippen LogP contribution in [-0.2, 0) is 20.7 Å². The van der Waals surface area contributed by atoms with Crippen LogP contribution in [0.3, 0.4) is 0 Å². The Morgan fingerprint density at radius 2 is 2.06 bits per heavy atom. The van der Waals surface area contributed by atoms with Gasteiger partial charge in [0.05, 0.1) is 20.3 Å². The maximum atomic E-state index is 13.2. The van der Waals surface area contributed by atoms with E-state index >= 15 is 0 Å². The second-order valence-electron chi connectivity index (χ2n) is 10.8. The number of hydrogen-bond donors (Lipinski definition) is 1. The van der Waals surface area contributed by atoms with Crippen molar-refractivity contribution in [3.05, 3.63) is 23.3 Å². The largest absolute Gasteiger partial charge is 0.504 e. The van der Waals surface area contributed by atoms with Crippen molar-refractivity contribution in [2.75, 3.05) is 33.4 Å². The molecule has 1 amide bonds. The van der Waals surface area contributed by atoms with Crippen LogP contribution in [0, 0.1) is 23.2 Å². The Hall–Kier alpha value is -2.08. The monoisotopic (exact) mass is 455 g/mol. The number of Topliss-reactive ketones (excluding diaryl/α,β-unsaturated/α-hetero) is 1. The minimum atomic E-state index is -0.224. The van der Waals surface area contributed by atoms with Gasteiger partial charge in [0.15, 0.2) is 11.5 Å². The number of phenols is 1. The van der Waals surface area contributed by atoms with Gasteiger partial charge < -0.3 is 19.5 Å². The predicted molar refractivity (Wildman–Crippen MR) is 124 cm³/mol. The van der Waals surface area contributed by atoms with E-state index in [4.69, 9.17) is 9.47 Å². The number of morpholine rings is 1. The fourth-order valence-electron chi connectivity index (χ4n) is 7.56. The van der Waals surface area contributed by atoms with Gasteiger partial charge in [-0.05, 0) is 85.5 Å². The SMILES string of the molecule is COc1cc2c(cc1O)CC[C@H]1[C@@H]3[C@H](CCCC(=O)N4CCOCC4)CC(=O)[C@@]3(C)CC[C@H]21. The van der Waals surface area contributed by atoms with Crippen LogP contribution < -0.4 is 4.74 Å². The maximum absolute atomic E-state index is 13.2. The number of hydrogen-bond acceptors (Lipinski definition) is 5. The number of benzene rings is 1. The van der Waals surface area contributed by atoms with Crippen LogP contribution in [-0.4, -0.2) is 55.1 Å². The number of carbonyl (C=O) groups is 2. The molecule has 0 aromatic heterocycles. The van der Waals surface area contributed by atoms with Crippen molar-refractivity contribution in [1.29, 1.82) is 0 Å². The highest BCUT2D eigenvalue weighted by molar-refractivity contribution is 5.87. The molecule has 1 heterocycles. The number of aromatic hydroxyl groups is 1. The number of carbonyl (C=O) groups excluding carboxylic acids is 2. The highest BCUT2D eigenvalue weighted by Gasteiger charge is 2.58. The van der Waals surface area contributed by atoms with E-state index < -0.39 is 0 Å². The van der Waals surface area contributed by atoms with E-state index in [0.717, 1.165) is 38.5 Å². The minimum absolute atomic E-state index is 0.217. The van der Waals surface area contributed by atoms with E-state index in [1.807, 2.05) is 17.0 Å². The topological polar surface area (TPSA) is 76.1 Å². The summed E-state index contributed by atoms with van der Waals surface area (Å²) in [6, 6.07) is 3.92. The summed E-state index contributed by atoms with van der Waals surface area (Å²) >= 11 is 0. The van der Waals surface area contributed by atoms with Crippen LogP contribution in [0.25, 0.3) is 0 Å². The predicted octanol–water partition coefficient (Wildman–Crippen LogP) is 4.08. The molecule has 5 atom stereocenters. The van der Waals surface area contributed by atoms with E-state index in [0.29, 0.717) is 74.3 Å². The Balaban J connectivity index is 1.32. The quantitative estimate of drug-likeness (QED) is 0.724. The fourth-order valence-corrected chi connectivity index (χ4v) is 7.56. The van der Waals surface area contributed by atoms with Crippen LogP contribution >= 0.6 is 0 Å². The zero-order chi connectivity index (χ0) is 23.2. The van der Waals surface area contributed by atoms with Crippen LogP contribution in [0.5, 0.6) is 11.5 Å². The van der Waals surface area contributed by atoms with Gasteiger partial charge >= 0.3 is 0 Å². The summed E-state index contributed by atoms with van der Waals surface area (Å²) in [5, 5.41) is 10.3. The number of amides is 1. The molecule has 4 aliphatic rings. The summed E-state index contributed by atoms with van der Waals surface area (Å²) in [4.78, 5) is 27.7. The van der Waals surface area contributed by atoms with E-state index in [2.05, 4.69) is 6.92 Å². The first-order valence-electron chi connectivity index (χ1n) is 12.7. The third kappa shape index (κ3) is 3.94. The highest BCUT2D eigenvalue weighted by atomic mass is 16.5. The van der Waals surface area contributed by atoms with E-state index in [-0.39, 0.29) is 17.1 Å². The molecule has 1 saturated heterocycles.